The molecular formula is C33H39Cl2N7O6. The Hall–Kier alpha value is -4.17. The van der Waals surface area contributed by atoms with Gasteiger partial charge >= 0.3 is 0 Å². The molecule has 2 fully saturated rings. The predicted octanol–water partition coefficient (Wildman–Crippen LogP) is 3.23. The van der Waals surface area contributed by atoms with Crippen LogP contribution in [0.5, 0.6) is 11.5 Å². The van der Waals surface area contributed by atoms with Crippen LogP contribution in [0.25, 0.3) is 22.2 Å². The molecule has 13 nitrogen and oxygen atoms in total. The number of nitrogens with zero attached hydrogens (tertiary/aromatic N) is 5. The quantitative estimate of drug-likeness (QED) is 0.271. The highest BCUT2D eigenvalue weighted by Gasteiger charge is 2.31. The summed E-state index contributed by atoms with van der Waals surface area (Å²) < 4.78 is 18.1. The van der Waals surface area contributed by atoms with Crippen LogP contribution in [-0.4, -0.2) is 109 Å². The Kier molecular flexibility index (Phi) is 11.3. The molecule has 5 rings (SSSR count). The molecule has 1 aromatic carbocycles. The lowest BCUT2D eigenvalue weighted by molar-refractivity contribution is -0.125. The SMILES string of the molecule is C=CC(=O)N[C@H]1COC[C@H]1Nc1ncc2cc(-c3c(Cl)c(OC)cc(OC)c3Cl)c(=O)n(CC3CCN(C(=O)/C=C/CN(C)C)C3)c2n1. The van der Waals surface area contributed by atoms with Crippen LogP contribution in [0.2, 0.25) is 10.0 Å². The second kappa shape index (κ2) is 15.4. The van der Waals surface area contributed by atoms with Crippen LogP contribution in [0, 0.1) is 5.92 Å². The minimum absolute atomic E-state index is 0.0359. The van der Waals surface area contributed by atoms with Crippen LogP contribution in [-0.2, 0) is 20.9 Å². The van der Waals surface area contributed by atoms with E-state index in [0.29, 0.717) is 61.8 Å². The molecule has 4 heterocycles. The minimum Gasteiger partial charge on any atom is -0.495 e. The first-order valence-corrected chi connectivity index (χ1v) is 16.2. The number of methoxy groups -OCH3 is 2. The molecule has 48 heavy (non-hydrogen) atoms. The maximum atomic E-state index is 14.5. The number of hydrogen-bond acceptors (Lipinski definition) is 10. The van der Waals surface area contributed by atoms with Crippen LogP contribution in [0.3, 0.4) is 0 Å². The summed E-state index contributed by atoms with van der Waals surface area (Å²) in [5.41, 5.74) is 0.468. The molecule has 0 aliphatic carbocycles. The molecular weight excluding hydrogens is 661 g/mol. The van der Waals surface area contributed by atoms with E-state index >= 15 is 0 Å². The lowest BCUT2D eigenvalue weighted by atomic mass is 10.0. The second-order valence-corrected chi connectivity index (χ2v) is 12.7. The number of halogens is 2. The number of ether oxygens (including phenoxy) is 3. The molecule has 3 aromatic rings. The number of likely N-dealkylation sites (tertiary alicyclic amines) is 1. The lowest BCUT2D eigenvalue weighted by Gasteiger charge is -2.21. The van der Waals surface area contributed by atoms with E-state index in [-0.39, 0.29) is 69.0 Å². The normalized spacial score (nSPS) is 19.3. The van der Waals surface area contributed by atoms with Crippen molar-refractivity contribution in [1.82, 2.24) is 29.7 Å². The Morgan fingerprint density at radius 3 is 2.52 bits per heavy atom. The van der Waals surface area contributed by atoms with Crippen molar-refractivity contribution >= 4 is 52.0 Å². The van der Waals surface area contributed by atoms with Crippen LogP contribution >= 0.6 is 23.2 Å². The minimum atomic E-state index is -0.387. The van der Waals surface area contributed by atoms with E-state index in [4.69, 9.17) is 42.4 Å². The number of aromatic nitrogens is 3. The average molecular weight is 701 g/mol. The van der Waals surface area contributed by atoms with Crippen molar-refractivity contribution in [3.63, 3.8) is 0 Å². The first-order valence-electron chi connectivity index (χ1n) is 15.4. The van der Waals surface area contributed by atoms with Crippen molar-refractivity contribution in [2.75, 3.05) is 66.5 Å². The Morgan fingerprint density at radius 1 is 1.15 bits per heavy atom. The van der Waals surface area contributed by atoms with E-state index in [1.54, 1.807) is 33.9 Å². The fourth-order valence-electron chi connectivity index (χ4n) is 5.86. The first-order chi connectivity index (χ1) is 23.0. The first kappa shape index (κ1) is 35.1. The molecule has 256 valence electrons. The fraction of sp³-hybridized carbons (Fsp3) is 0.424. The highest BCUT2D eigenvalue weighted by Crippen LogP contribution is 2.45. The summed E-state index contributed by atoms with van der Waals surface area (Å²) in [6.07, 6.45) is 6.93. The Balaban J connectivity index is 1.55. The van der Waals surface area contributed by atoms with Gasteiger partial charge in [-0.15, -0.1) is 0 Å². The standard InChI is InChI=1S/C33H39Cl2N7O6/c1-6-26(43)37-22-17-48-18-23(22)38-33-36-14-20-12-21(28-29(34)24(46-4)13-25(47-5)30(28)35)32(45)42(31(20)39-33)16-19-9-11-41(15-19)27(44)8-7-10-40(2)3/h6-8,12-14,19,22-23H,1,9-11,15-18H2,2-5H3,(H,37,43)(H,36,38,39)/b8-7+/t19?,22-,23+/m0/s1. The number of hydrogen-bond donors (Lipinski definition) is 2. The number of likely N-dealkylation sites (N-methyl/N-ethyl adjacent to an activating group) is 1. The van der Waals surface area contributed by atoms with E-state index in [0.717, 1.165) is 0 Å². The van der Waals surface area contributed by atoms with Crippen LogP contribution < -0.4 is 25.7 Å². The molecule has 0 spiro atoms. The summed E-state index contributed by atoms with van der Waals surface area (Å²) in [4.78, 5) is 52.4. The van der Waals surface area contributed by atoms with Crippen molar-refractivity contribution in [2.24, 2.45) is 5.92 Å². The lowest BCUT2D eigenvalue weighted by Crippen LogP contribution is -2.45. The monoisotopic (exact) mass is 699 g/mol. The molecule has 2 saturated heterocycles. The summed E-state index contributed by atoms with van der Waals surface area (Å²) in [5, 5.41) is 6.96. The van der Waals surface area contributed by atoms with Gasteiger partial charge in [0.25, 0.3) is 5.56 Å². The maximum Gasteiger partial charge on any atom is 0.260 e. The van der Waals surface area contributed by atoms with Gasteiger partial charge in [-0.05, 0) is 38.6 Å². The van der Waals surface area contributed by atoms with Gasteiger partial charge in [0, 0.05) is 55.5 Å². The van der Waals surface area contributed by atoms with Gasteiger partial charge in [-0.25, -0.2) is 4.98 Å². The van der Waals surface area contributed by atoms with Gasteiger partial charge in [-0.2, -0.15) is 4.98 Å². The zero-order valence-corrected chi connectivity index (χ0v) is 28.8. The number of amides is 2. The highest BCUT2D eigenvalue weighted by molar-refractivity contribution is 6.41. The molecule has 15 heteroatoms. The zero-order chi connectivity index (χ0) is 34.5. The van der Waals surface area contributed by atoms with Crippen molar-refractivity contribution in [3.8, 4) is 22.6 Å². The van der Waals surface area contributed by atoms with Crippen LogP contribution in [0.4, 0.5) is 5.95 Å². The second-order valence-electron chi connectivity index (χ2n) is 11.9. The number of fused-ring (bicyclic) bond motifs is 1. The Bertz CT molecular complexity index is 1770. The third-order valence-corrected chi connectivity index (χ3v) is 9.10. The fourth-order valence-corrected chi connectivity index (χ4v) is 6.56. The number of benzene rings is 1. The van der Waals surface area contributed by atoms with Gasteiger partial charge in [-0.3, -0.25) is 19.0 Å². The number of carbonyl (C=O) groups is 2. The van der Waals surface area contributed by atoms with Crippen molar-refractivity contribution < 1.29 is 23.8 Å². The number of rotatable bonds is 12. The summed E-state index contributed by atoms with van der Waals surface area (Å²) in [7, 11) is 6.80. The zero-order valence-electron chi connectivity index (χ0n) is 27.3. The number of carbonyl (C=O) groups excluding carboxylic acids is 2. The van der Waals surface area contributed by atoms with E-state index < -0.39 is 0 Å². The highest BCUT2D eigenvalue weighted by atomic mass is 35.5. The molecule has 0 radical (unpaired) electrons. The smallest absolute Gasteiger partial charge is 0.260 e. The van der Waals surface area contributed by atoms with Crippen molar-refractivity contribution in [1.29, 1.82) is 0 Å². The predicted molar refractivity (Wildman–Crippen MR) is 185 cm³/mol. The van der Waals surface area contributed by atoms with Crippen molar-refractivity contribution in [3.05, 3.63) is 63.5 Å². The summed E-state index contributed by atoms with van der Waals surface area (Å²) >= 11 is 13.5. The van der Waals surface area contributed by atoms with E-state index in [2.05, 4.69) is 22.2 Å². The van der Waals surface area contributed by atoms with Gasteiger partial charge < -0.3 is 34.6 Å². The van der Waals surface area contributed by atoms with E-state index in [1.807, 2.05) is 25.1 Å². The molecule has 0 bridgehead atoms. The number of nitrogens with one attached hydrogen (secondary N) is 2. The third-order valence-electron chi connectivity index (χ3n) is 8.35. The number of anilines is 1. The van der Waals surface area contributed by atoms with Crippen LogP contribution in [0.15, 0.2) is 47.9 Å². The van der Waals surface area contributed by atoms with Crippen LogP contribution in [0.1, 0.15) is 6.42 Å². The summed E-state index contributed by atoms with van der Waals surface area (Å²) in [5.74, 6) is 0.411. The Labute approximate surface area is 288 Å². The van der Waals surface area contributed by atoms with Gasteiger partial charge in [0.05, 0.1) is 55.1 Å². The van der Waals surface area contributed by atoms with E-state index in [1.165, 1.54) is 20.3 Å². The molecule has 0 saturated carbocycles. The van der Waals surface area contributed by atoms with Gasteiger partial charge in [-0.1, -0.05) is 35.9 Å². The average Bonchev–Trinajstić information content (AvgIpc) is 3.72. The molecule has 2 N–H and O–H groups in total. The topological polar surface area (TPSA) is 140 Å². The summed E-state index contributed by atoms with van der Waals surface area (Å²) in [6.45, 7) is 6.10. The van der Waals surface area contributed by atoms with Crippen molar-refractivity contribution in [2.45, 2.75) is 25.0 Å². The molecule has 2 aliphatic heterocycles. The largest absolute Gasteiger partial charge is 0.495 e. The third kappa shape index (κ3) is 7.59. The molecule has 1 unspecified atom stereocenters. The Morgan fingerprint density at radius 2 is 1.85 bits per heavy atom. The molecule has 3 atom stereocenters. The molecule has 2 amide bonds. The van der Waals surface area contributed by atoms with Gasteiger partial charge in [0.1, 0.15) is 17.1 Å². The molecule has 2 aromatic heterocycles. The van der Waals surface area contributed by atoms with E-state index in [9.17, 15) is 14.4 Å². The maximum absolute atomic E-state index is 14.5. The van der Waals surface area contributed by atoms with Gasteiger partial charge in [0.15, 0.2) is 0 Å². The molecule has 2 aliphatic rings. The van der Waals surface area contributed by atoms with Gasteiger partial charge in [0.2, 0.25) is 17.8 Å². The number of pyridine rings is 1. The summed E-state index contributed by atoms with van der Waals surface area (Å²) in [6, 6.07) is 2.56.